The summed E-state index contributed by atoms with van der Waals surface area (Å²) in [4.78, 5) is 3.35. The number of halogens is 9. The second-order valence-corrected chi connectivity index (χ2v) is 55.9. The zero-order valence-corrected chi connectivity index (χ0v) is 89.3. The molecule has 0 unspecified atom stereocenters. The van der Waals surface area contributed by atoms with Crippen LogP contribution in [0.4, 0.5) is 39.5 Å². The minimum atomic E-state index is -4.38. The van der Waals surface area contributed by atoms with E-state index in [4.69, 9.17) is 0 Å². The molecule has 33 rings (SSSR count). The molecule has 12 aliphatic carbocycles. The maximum absolute atomic E-state index is 13.6. The molecular formula is C124H81F9N4S4Se4. The van der Waals surface area contributed by atoms with Gasteiger partial charge in [0.15, 0.2) is 0 Å². The fraction of sp³-hybridized carbons (Fsp3) is 0.177. The molecule has 0 saturated heterocycles. The second-order valence-electron chi connectivity index (χ2n) is 41.8. The largest absolute Gasteiger partial charge is 0.431 e. The van der Waals surface area contributed by atoms with Crippen molar-refractivity contribution in [3.05, 3.63) is 376 Å². The summed E-state index contributed by atoms with van der Waals surface area (Å²) in [5.41, 5.74) is 64.3. The Bertz CT molecular complexity index is 9390. The molecule has 0 bridgehead atoms. The van der Waals surface area contributed by atoms with Crippen LogP contribution in [0.25, 0.3) is 195 Å². The Morgan fingerprint density at radius 1 is 0.241 bits per heavy atom. The minimum absolute atomic E-state index is 0.0381. The number of benzene rings is 9. The summed E-state index contributed by atoms with van der Waals surface area (Å²) in [7, 11) is 7.69. The molecule has 145 heavy (non-hydrogen) atoms. The van der Waals surface area contributed by atoms with E-state index in [0.29, 0.717) is 40.0 Å². The van der Waals surface area contributed by atoms with Gasteiger partial charge in [-0.3, -0.25) is 0 Å². The molecule has 0 atom stereocenters. The van der Waals surface area contributed by atoms with Gasteiger partial charge in [-0.2, -0.15) is 26.3 Å². The summed E-state index contributed by atoms with van der Waals surface area (Å²) in [5.74, 6) is 0. The van der Waals surface area contributed by atoms with Gasteiger partial charge in [0.05, 0.1) is 22.1 Å². The molecule has 708 valence electrons. The van der Waals surface area contributed by atoms with Crippen LogP contribution < -0.4 is 0 Å². The quantitative estimate of drug-likeness (QED) is 0.117. The molecule has 21 aromatic rings. The predicted octanol–water partition coefficient (Wildman–Crippen LogP) is 31.8. The third-order valence-corrected chi connectivity index (χ3v) is 48.4. The molecule has 0 saturated carbocycles. The van der Waals surface area contributed by atoms with Crippen LogP contribution in [0.1, 0.15) is 194 Å². The molecule has 0 amide bonds. The van der Waals surface area contributed by atoms with Crippen molar-refractivity contribution in [3.8, 4) is 66.8 Å². The number of allylic oxidation sites excluding steroid dienone is 6. The molecule has 0 spiro atoms. The molecule has 12 heterocycles. The van der Waals surface area contributed by atoms with Gasteiger partial charge in [0.1, 0.15) is 10.6 Å². The van der Waals surface area contributed by atoms with Crippen molar-refractivity contribution in [1.29, 1.82) is 0 Å². The third kappa shape index (κ3) is 13.6. The molecule has 0 aliphatic heterocycles. The van der Waals surface area contributed by atoms with Crippen molar-refractivity contribution in [2.24, 2.45) is 28.2 Å². The summed E-state index contributed by atoms with van der Waals surface area (Å²) < 4.78 is 141. The molecule has 12 aromatic heterocycles. The number of fused-ring (bicyclic) bond motifs is 30. The number of hydrogen-bond donors (Lipinski definition) is 0. The van der Waals surface area contributed by atoms with E-state index in [1.165, 1.54) is 315 Å². The van der Waals surface area contributed by atoms with Crippen LogP contribution in [0, 0.1) is 20.8 Å². The second kappa shape index (κ2) is 30.7. The Morgan fingerprint density at radius 2 is 0.552 bits per heavy atom. The SMILES string of the molecule is Cc1cc2[se]c(C3=Cc4cc5c(cc4C3)-c3cc4c(cc3C5)-c3cc5c(cc3C4)C=C(c3cc4[se]c(C(F)(F)F)cc4[se]3)C5)cc2[se]1.Cc1cc2c(cc(C3=Cc4cc5c(cc4C3)-c3cc4c(cc3C5)-c3cc5c(cc3C4)C=C(c3cc4c(cc(C(F)(F)F)n4C)n3C)C5)n2C)n1C.Cc1cc2sc(C3=Cc4cc5c(cc4C3)-c3cc4c(cc3C5)-c3cc5c(cc3C4)C=C(c3cc4sc(C(F)(F)F)cc4s3)C5)cc2s1. The van der Waals surface area contributed by atoms with Gasteiger partial charge in [-0.25, -0.2) is 0 Å². The van der Waals surface area contributed by atoms with Crippen LogP contribution in [0.2, 0.25) is 0 Å². The van der Waals surface area contributed by atoms with Gasteiger partial charge in [-0.1, -0.05) is 24.3 Å². The standard InChI is InChI=1S/C44H35F3N4.C40H23F3S4.C40H23F3Se4/c1-22-6-39-40(48(22)2)19-37(49(39)3)31-9-23-7-27-13-29-18-36-30(17-35(29)33(27)15-25(23)11-31)14-28-8-24-10-32(12-26(24)16-34(28)36)38-20-41-42(50(38)4)21-43(51(41)5)44(45,46)47;2*1-18-2-35-36(44-18)15-33(45-35)27-5-19-3-23-9-25-14-32-26(13-31(25)29(23)11-21(19)7-27)10-24-4-20-6-28(8-22(20)12-30(24)32)34-16-37-38(46-34)17-39(47-37)40(41,42)43/h6-10,15-21H,11-14H2,1-5H3;2*2-6,11-17H,7-10H2,1H3. The van der Waals surface area contributed by atoms with E-state index in [0.717, 1.165) is 122 Å². The number of nitrogens with zero attached hydrogens (tertiary/aromatic N) is 4. The van der Waals surface area contributed by atoms with E-state index < -0.39 is 43.6 Å². The van der Waals surface area contributed by atoms with Crippen molar-refractivity contribution < 1.29 is 39.5 Å². The van der Waals surface area contributed by atoms with Gasteiger partial charge < -0.3 is 18.3 Å². The Morgan fingerprint density at radius 3 is 0.903 bits per heavy atom. The van der Waals surface area contributed by atoms with Crippen LogP contribution >= 0.6 is 45.3 Å². The van der Waals surface area contributed by atoms with E-state index in [-0.39, 0.29) is 18.9 Å². The van der Waals surface area contributed by atoms with Crippen molar-refractivity contribution in [2.75, 3.05) is 0 Å². The van der Waals surface area contributed by atoms with Crippen LogP contribution in [-0.4, -0.2) is 76.3 Å². The van der Waals surface area contributed by atoms with Gasteiger partial charge >= 0.3 is 308 Å². The first kappa shape index (κ1) is 87.5. The van der Waals surface area contributed by atoms with Crippen molar-refractivity contribution in [2.45, 2.75) is 116 Å². The number of aryl methyl sites for hydroxylation is 7. The van der Waals surface area contributed by atoms with Gasteiger partial charge in [-0.05, 0) is 330 Å². The average molecular weight is 2240 g/mol. The summed E-state index contributed by atoms with van der Waals surface area (Å²) in [5, 5.41) is 0. The van der Waals surface area contributed by atoms with E-state index in [1.54, 1.807) is 17.4 Å². The van der Waals surface area contributed by atoms with Crippen LogP contribution in [0.15, 0.2) is 182 Å². The summed E-state index contributed by atoms with van der Waals surface area (Å²) in [6, 6.07) is 68.0. The number of thiophene rings is 4. The number of aromatic nitrogens is 4. The van der Waals surface area contributed by atoms with Crippen molar-refractivity contribution in [1.82, 2.24) is 18.3 Å². The van der Waals surface area contributed by atoms with Gasteiger partial charge in [0.2, 0.25) is 0 Å². The fourth-order valence-electron chi connectivity index (χ4n) is 26.0. The molecule has 0 N–H and O–H groups in total. The fourth-order valence-corrected chi connectivity index (χ4v) is 41.9. The average Bonchev–Trinajstić information content (AvgIpc) is 1.57. The Hall–Kier alpha value is -11.7. The summed E-state index contributed by atoms with van der Waals surface area (Å²) in [6.07, 6.45) is 12.4. The zero-order chi connectivity index (χ0) is 97.5. The number of hydrogen-bond acceptors (Lipinski definition) is 4. The molecular weight excluding hydrogens is 2160 g/mol. The van der Waals surface area contributed by atoms with E-state index >= 15 is 0 Å². The van der Waals surface area contributed by atoms with Crippen LogP contribution in [-0.2, 0) is 124 Å². The Labute approximate surface area is 867 Å². The van der Waals surface area contributed by atoms with E-state index in [9.17, 15) is 39.5 Å². The normalized spacial score (nSPS) is 15.5. The molecule has 12 aliphatic rings. The molecule has 9 aromatic carbocycles. The third-order valence-electron chi connectivity index (χ3n) is 33.1. The minimum Gasteiger partial charge on any atom is -0.347 e. The molecule has 21 heteroatoms. The smallest absolute Gasteiger partial charge is 0.347 e. The summed E-state index contributed by atoms with van der Waals surface area (Å²) >= 11 is 6.48. The number of rotatable bonds is 6. The maximum atomic E-state index is 13.6. The Kier molecular flexibility index (Phi) is 18.5. The first-order valence-corrected chi connectivity index (χ1v) is 59.2. The number of alkyl halides is 9. The zero-order valence-electron chi connectivity index (χ0n) is 79.2. The molecule has 4 nitrogen and oxygen atoms in total. The molecule has 0 fully saturated rings. The topological polar surface area (TPSA) is 19.7 Å². The monoisotopic (exact) mass is 2240 g/mol. The van der Waals surface area contributed by atoms with Gasteiger partial charge in [-0.15, -0.1) is 45.3 Å². The van der Waals surface area contributed by atoms with Crippen molar-refractivity contribution >= 4 is 231 Å². The first-order chi connectivity index (χ1) is 69.8. The van der Waals surface area contributed by atoms with Crippen LogP contribution in [0.3, 0.4) is 0 Å². The maximum Gasteiger partial charge on any atom is 0.431 e. The molecule has 0 radical (unpaired) electrons. The van der Waals surface area contributed by atoms with Crippen molar-refractivity contribution in [3.63, 3.8) is 0 Å². The van der Waals surface area contributed by atoms with Gasteiger partial charge in [0, 0.05) is 91.5 Å². The van der Waals surface area contributed by atoms with E-state index in [2.05, 4.69) is 232 Å². The van der Waals surface area contributed by atoms with E-state index in [1.807, 2.05) is 46.4 Å². The van der Waals surface area contributed by atoms with Gasteiger partial charge in [0.25, 0.3) is 0 Å². The first-order valence-electron chi connectivity index (χ1n) is 49.1. The van der Waals surface area contributed by atoms with Crippen LogP contribution in [0.5, 0.6) is 0 Å². The predicted molar refractivity (Wildman–Crippen MR) is 586 cm³/mol. The Balaban J connectivity index is 0.0000000991. The summed E-state index contributed by atoms with van der Waals surface area (Å²) in [6.45, 7) is 6.63.